The third-order valence-corrected chi connectivity index (χ3v) is 10.6. The van der Waals surface area contributed by atoms with Crippen LogP contribution in [0, 0.1) is 0 Å². The van der Waals surface area contributed by atoms with Crippen molar-refractivity contribution >= 4 is 16.9 Å². The lowest BCUT2D eigenvalue weighted by molar-refractivity contribution is -0.0893. The van der Waals surface area contributed by atoms with Crippen molar-refractivity contribution in [3.63, 3.8) is 0 Å². The van der Waals surface area contributed by atoms with Gasteiger partial charge < -0.3 is 24.6 Å². The predicted octanol–water partition coefficient (Wildman–Crippen LogP) is 4.78. The van der Waals surface area contributed by atoms with Crippen molar-refractivity contribution in [1.82, 2.24) is 28.9 Å². The molecule has 3 fully saturated rings. The molecule has 244 valence electrons. The smallest absolute Gasteiger partial charge is 0.329 e. The summed E-state index contributed by atoms with van der Waals surface area (Å²) < 4.78 is 11.4. The molecule has 0 bridgehead atoms. The van der Waals surface area contributed by atoms with E-state index in [0.29, 0.717) is 44.7 Å². The van der Waals surface area contributed by atoms with Crippen LogP contribution < -0.4 is 11.0 Å². The quantitative estimate of drug-likeness (QED) is 0.277. The number of hydrogen-bond acceptors (Lipinski definition) is 6. The number of hydrogen-bond donors (Lipinski definition) is 2. The number of aromatic nitrogens is 4. The summed E-state index contributed by atoms with van der Waals surface area (Å²) >= 11 is 0. The maximum Gasteiger partial charge on any atom is 0.329 e. The number of methoxy groups -OCH3 is 1. The minimum atomic E-state index is -1.04. The average Bonchev–Trinajstić information content (AvgIpc) is 3.82. The molecule has 0 unspecified atom stereocenters. The molecule has 2 aromatic carbocycles. The summed E-state index contributed by atoms with van der Waals surface area (Å²) in [5, 5.41) is 15.2. The zero-order chi connectivity index (χ0) is 31.7. The maximum absolute atomic E-state index is 14.5. The number of nitrogens with zero attached hydrogens (tertiary/aromatic N) is 5. The summed E-state index contributed by atoms with van der Waals surface area (Å²) in [4.78, 5) is 35.1. The zero-order valence-electron chi connectivity index (χ0n) is 26.8. The van der Waals surface area contributed by atoms with Crippen LogP contribution in [0.15, 0.2) is 65.7 Å². The van der Waals surface area contributed by atoms with Gasteiger partial charge in [0.05, 0.1) is 35.7 Å². The van der Waals surface area contributed by atoms with Gasteiger partial charge in [-0.2, -0.15) is 0 Å². The zero-order valence-corrected chi connectivity index (χ0v) is 26.8. The third kappa shape index (κ3) is 5.60. The minimum absolute atomic E-state index is 0.0517. The molecular formula is C36H46N6O4. The first-order valence-corrected chi connectivity index (χ1v) is 17.0. The second kappa shape index (κ2) is 13.2. The van der Waals surface area contributed by atoms with Gasteiger partial charge >= 0.3 is 5.69 Å². The van der Waals surface area contributed by atoms with Crippen LogP contribution in [-0.4, -0.2) is 79.6 Å². The Bertz CT molecular complexity index is 1720. The molecular weight excluding hydrogens is 580 g/mol. The van der Waals surface area contributed by atoms with Gasteiger partial charge in [-0.15, -0.1) is 0 Å². The molecule has 4 aromatic rings. The highest BCUT2D eigenvalue weighted by molar-refractivity contribution is 5.98. The monoisotopic (exact) mass is 626 g/mol. The Morgan fingerprint density at radius 3 is 2.54 bits per heavy atom. The molecule has 2 aliphatic carbocycles. The van der Waals surface area contributed by atoms with Gasteiger partial charge in [-0.25, -0.2) is 9.78 Å². The molecule has 3 heterocycles. The number of piperazine rings is 1. The van der Waals surface area contributed by atoms with E-state index in [1.54, 1.807) is 13.4 Å². The average molecular weight is 627 g/mol. The number of carbonyl (C=O) groups is 1. The van der Waals surface area contributed by atoms with Crippen LogP contribution >= 0.6 is 0 Å². The first kappa shape index (κ1) is 30.9. The SMILES string of the molecule is COC[C@]1(O)CCCC[C@H]1n1cnc(C(=O)N2CCNC[C@H]2CCn2c(=O)n(C3CCCC3)c3ccccc32)c1-c1ccccc1. The number of nitrogens with one attached hydrogen (secondary N) is 1. The molecule has 10 nitrogen and oxygen atoms in total. The molecule has 0 radical (unpaired) electrons. The number of benzene rings is 2. The number of aliphatic hydroxyl groups is 1. The van der Waals surface area contributed by atoms with E-state index in [2.05, 4.69) is 11.4 Å². The lowest BCUT2D eigenvalue weighted by Crippen LogP contribution is -2.54. The molecule has 1 saturated heterocycles. The van der Waals surface area contributed by atoms with Crippen LogP contribution in [0.4, 0.5) is 0 Å². The molecule has 46 heavy (non-hydrogen) atoms. The van der Waals surface area contributed by atoms with Crippen molar-refractivity contribution < 1.29 is 14.6 Å². The normalized spacial score (nSPS) is 24.2. The first-order chi connectivity index (χ1) is 22.5. The number of imidazole rings is 2. The van der Waals surface area contributed by atoms with E-state index in [9.17, 15) is 14.7 Å². The Balaban J connectivity index is 1.20. The summed E-state index contributed by atoms with van der Waals surface area (Å²) in [5.41, 5.74) is 3.01. The number of carbonyl (C=O) groups excluding carboxylic acids is 1. The summed E-state index contributed by atoms with van der Waals surface area (Å²) in [6, 6.07) is 17.9. The Hall–Kier alpha value is -3.73. The molecule has 2 saturated carbocycles. The molecule has 3 aliphatic rings. The highest BCUT2D eigenvalue weighted by Gasteiger charge is 2.42. The molecule has 1 aliphatic heterocycles. The summed E-state index contributed by atoms with van der Waals surface area (Å²) in [7, 11) is 1.62. The van der Waals surface area contributed by atoms with Crippen molar-refractivity contribution in [2.24, 2.45) is 0 Å². The highest BCUT2D eigenvalue weighted by Crippen LogP contribution is 2.41. The first-order valence-electron chi connectivity index (χ1n) is 17.0. The third-order valence-electron chi connectivity index (χ3n) is 10.6. The summed E-state index contributed by atoms with van der Waals surface area (Å²) in [5.74, 6) is -0.115. The summed E-state index contributed by atoms with van der Waals surface area (Å²) in [6.07, 6.45) is 10.1. The van der Waals surface area contributed by atoms with Gasteiger partial charge in [0.2, 0.25) is 0 Å². The van der Waals surface area contributed by atoms with Gasteiger partial charge in [0, 0.05) is 50.9 Å². The van der Waals surface area contributed by atoms with Crippen molar-refractivity contribution in [3.8, 4) is 11.3 Å². The van der Waals surface area contributed by atoms with E-state index < -0.39 is 5.60 Å². The standard InChI is InChI=1S/C36H46N6O4/c1-46-24-36(45)19-10-9-17-31(36)41-25-38-32(33(41)26-11-3-2-4-12-26)34(43)39-22-20-37-23-28(39)18-21-40-29-15-7-8-16-30(29)42(35(40)44)27-13-5-6-14-27/h2-4,7-8,11-12,15-16,25,27-28,31,37,45H,5-6,9-10,13-14,17-24H2,1H3/t28-,31-,36-/m1/s1. The van der Waals surface area contributed by atoms with Crippen LogP contribution in [0.5, 0.6) is 0 Å². The van der Waals surface area contributed by atoms with E-state index in [1.165, 1.54) is 0 Å². The Morgan fingerprint density at radius 1 is 1.02 bits per heavy atom. The lowest BCUT2D eigenvalue weighted by Gasteiger charge is -2.41. The predicted molar refractivity (Wildman–Crippen MR) is 178 cm³/mol. The van der Waals surface area contributed by atoms with Gasteiger partial charge in [-0.3, -0.25) is 13.9 Å². The van der Waals surface area contributed by atoms with Gasteiger partial charge in [0.1, 0.15) is 5.60 Å². The van der Waals surface area contributed by atoms with Crippen LogP contribution in [0.1, 0.15) is 80.4 Å². The maximum atomic E-state index is 14.5. The van der Waals surface area contributed by atoms with Crippen molar-refractivity contribution in [2.75, 3.05) is 33.4 Å². The number of aryl methyl sites for hydroxylation is 1. The second-order valence-corrected chi connectivity index (χ2v) is 13.4. The van der Waals surface area contributed by atoms with E-state index >= 15 is 0 Å². The second-order valence-electron chi connectivity index (χ2n) is 13.4. The number of amides is 1. The number of fused-ring (bicyclic) bond motifs is 1. The van der Waals surface area contributed by atoms with Crippen molar-refractivity contribution in [1.29, 1.82) is 0 Å². The van der Waals surface area contributed by atoms with Gasteiger partial charge in [-0.05, 0) is 44.2 Å². The molecule has 7 rings (SSSR count). The van der Waals surface area contributed by atoms with Gasteiger partial charge in [-0.1, -0.05) is 68.1 Å². The number of para-hydroxylation sites is 2. The van der Waals surface area contributed by atoms with E-state index in [-0.39, 0.29) is 36.3 Å². The Labute approximate surface area is 270 Å². The van der Waals surface area contributed by atoms with E-state index in [0.717, 1.165) is 67.2 Å². The lowest BCUT2D eigenvalue weighted by atomic mass is 9.80. The topological polar surface area (TPSA) is 107 Å². The Kier molecular flexibility index (Phi) is 8.85. The van der Waals surface area contributed by atoms with E-state index in [4.69, 9.17) is 9.72 Å². The largest absolute Gasteiger partial charge is 0.385 e. The molecule has 3 atom stereocenters. The van der Waals surface area contributed by atoms with Crippen LogP contribution in [0.2, 0.25) is 0 Å². The number of rotatable bonds is 9. The minimum Gasteiger partial charge on any atom is -0.385 e. The van der Waals surface area contributed by atoms with Crippen molar-refractivity contribution in [3.05, 3.63) is 77.1 Å². The van der Waals surface area contributed by atoms with Gasteiger partial charge in [0.15, 0.2) is 5.69 Å². The fourth-order valence-electron chi connectivity index (χ4n) is 8.32. The Morgan fingerprint density at radius 2 is 1.76 bits per heavy atom. The molecule has 2 N–H and O–H groups in total. The fraction of sp³-hybridized carbons (Fsp3) is 0.528. The van der Waals surface area contributed by atoms with Crippen LogP contribution in [-0.2, 0) is 11.3 Å². The molecule has 10 heteroatoms. The van der Waals surface area contributed by atoms with Crippen LogP contribution in [0.3, 0.4) is 0 Å². The van der Waals surface area contributed by atoms with E-state index in [1.807, 2.05) is 67.1 Å². The molecule has 0 spiro atoms. The van der Waals surface area contributed by atoms with Crippen LogP contribution in [0.25, 0.3) is 22.3 Å². The summed E-state index contributed by atoms with van der Waals surface area (Å²) in [6.45, 7) is 2.66. The van der Waals surface area contributed by atoms with Crippen molar-refractivity contribution in [2.45, 2.75) is 88.1 Å². The molecule has 1 amide bonds. The highest BCUT2D eigenvalue weighted by atomic mass is 16.5. The number of ether oxygens (including phenoxy) is 1. The molecule has 2 aromatic heterocycles. The van der Waals surface area contributed by atoms with Gasteiger partial charge in [0.25, 0.3) is 5.91 Å². The fourth-order valence-corrected chi connectivity index (χ4v) is 8.32.